The van der Waals surface area contributed by atoms with Crippen molar-refractivity contribution in [3.8, 4) is 30.8 Å². The Balaban J connectivity index is 4.18. The van der Waals surface area contributed by atoms with Crippen LogP contribution in [0.25, 0.3) is 0 Å². The fraction of sp³-hybridized carbons (Fsp3) is 0.444. The van der Waals surface area contributed by atoms with E-state index in [0.717, 1.165) is 0 Å². The first-order valence-electron chi connectivity index (χ1n) is 2.97. The summed E-state index contributed by atoms with van der Waals surface area (Å²) in [6.45, 7) is 1.77. The number of hydrogen-bond donors (Lipinski definition) is 0. The van der Waals surface area contributed by atoms with Crippen molar-refractivity contribution < 1.29 is 0 Å². The van der Waals surface area contributed by atoms with E-state index in [2.05, 4.69) is 17.9 Å². The standard InChI is InChI=1S/C9H9N/c1-4-6-9(3,8-10)7-5-2/h1-2H,6-7H2,3H3. The van der Waals surface area contributed by atoms with Crippen molar-refractivity contribution in [2.75, 3.05) is 0 Å². The highest BCUT2D eigenvalue weighted by Crippen LogP contribution is 2.22. The van der Waals surface area contributed by atoms with Crippen LogP contribution in [-0.4, -0.2) is 0 Å². The first-order chi connectivity index (χ1) is 4.68. The van der Waals surface area contributed by atoms with Gasteiger partial charge < -0.3 is 0 Å². The normalized spacial score (nSPS) is 9.00. The molecule has 0 spiro atoms. The van der Waals surface area contributed by atoms with E-state index in [0.29, 0.717) is 12.8 Å². The Morgan fingerprint density at radius 3 is 1.90 bits per heavy atom. The van der Waals surface area contributed by atoms with Crippen LogP contribution in [0.2, 0.25) is 0 Å². The lowest BCUT2D eigenvalue weighted by atomic mass is 9.86. The van der Waals surface area contributed by atoms with Crippen molar-refractivity contribution in [1.82, 2.24) is 0 Å². The maximum Gasteiger partial charge on any atom is 0.0763 e. The van der Waals surface area contributed by atoms with Crippen molar-refractivity contribution in [3.05, 3.63) is 0 Å². The maximum absolute atomic E-state index is 8.61. The van der Waals surface area contributed by atoms with E-state index in [4.69, 9.17) is 18.1 Å². The molecule has 0 unspecified atom stereocenters. The van der Waals surface area contributed by atoms with Crippen LogP contribution in [0.15, 0.2) is 0 Å². The third kappa shape index (κ3) is 2.25. The summed E-state index contributed by atoms with van der Waals surface area (Å²) in [7, 11) is 0. The summed E-state index contributed by atoms with van der Waals surface area (Å²) in [5, 5.41) is 8.61. The van der Waals surface area contributed by atoms with Crippen molar-refractivity contribution in [1.29, 1.82) is 5.26 Å². The fourth-order valence-corrected chi connectivity index (χ4v) is 0.592. The molecule has 0 aromatic heterocycles. The lowest BCUT2D eigenvalue weighted by Crippen LogP contribution is -2.11. The molecule has 0 fully saturated rings. The Labute approximate surface area is 62.0 Å². The van der Waals surface area contributed by atoms with Gasteiger partial charge in [-0.25, -0.2) is 0 Å². The monoisotopic (exact) mass is 131 g/mol. The molecule has 0 aromatic rings. The second-order valence-electron chi connectivity index (χ2n) is 2.43. The molecule has 50 valence electrons. The molecule has 0 amide bonds. The highest BCUT2D eigenvalue weighted by atomic mass is 14.3. The maximum atomic E-state index is 8.61. The zero-order valence-electron chi connectivity index (χ0n) is 6.02. The van der Waals surface area contributed by atoms with Crippen LogP contribution in [-0.2, 0) is 0 Å². The molecule has 0 N–H and O–H groups in total. The Kier molecular flexibility index (Phi) is 3.10. The molecule has 1 heteroatoms. The molecule has 0 saturated carbocycles. The average molecular weight is 131 g/mol. The highest BCUT2D eigenvalue weighted by Gasteiger charge is 2.20. The lowest BCUT2D eigenvalue weighted by molar-refractivity contribution is 0.471. The van der Waals surface area contributed by atoms with Crippen molar-refractivity contribution in [3.63, 3.8) is 0 Å². The van der Waals surface area contributed by atoms with Gasteiger partial charge in [0.2, 0.25) is 0 Å². The summed E-state index contributed by atoms with van der Waals surface area (Å²) in [5.41, 5.74) is -0.524. The molecule has 0 rings (SSSR count). The summed E-state index contributed by atoms with van der Waals surface area (Å²) in [4.78, 5) is 0. The van der Waals surface area contributed by atoms with Gasteiger partial charge in [-0.1, -0.05) is 0 Å². The van der Waals surface area contributed by atoms with Gasteiger partial charge in [0, 0.05) is 12.8 Å². The minimum Gasteiger partial charge on any atom is -0.198 e. The second-order valence-corrected chi connectivity index (χ2v) is 2.43. The molecular weight excluding hydrogens is 122 g/mol. The van der Waals surface area contributed by atoms with E-state index in [1.165, 1.54) is 0 Å². The number of hydrogen-bond acceptors (Lipinski definition) is 1. The number of nitrogens with zero attached hydrogens (tertiary/aromatic N) is 1. The molecule has 0 aromatic carbocycles. The molecule has 1 nitrogen and oxygen atoms in total. The highest BCUT2D eigenvalue weighted by molar-refractivity contribution is 5.09. The Bertz CT molecular complexity index is 203. The first-order valence-corrected chi connectivity index (χ1v) is 2.97. The predicted molar refractivity (Wildman–Crippen MR) is 40.6 cm³/mol. The summed E-state index contributed by atoms with van der Waals surface area (Å²) in [5.74, 6) is 4.85. The van der Waals surface area contributed by atoms with E-state index in [-0.39, 0.29) is 0 Å². The largest absolute Gasteiger partial charge is 0.198 e. The van der Waals surface area contributed by atoms with Gasteiger partial charge >= 0.3 is 0 Å². The minimum absolute atomic E-state index is 0.424. The van der Waals surface area contributed by atoms with Gasteiger partial charge in [-0.15, -0.1) is 24.7 Å². The fourth-order valence-electron chi connectivity index (χ4n) is 0.592. The van der Waals surface area contributed by atoms with Gasteiger partial charge in [-0.2, -0.15) is 5.26 Å². The Hall–Kier alpha value is -1.39. The first kappa shape index (κ1) is 8.61. The molecule has 0 atom stereocenters. The second kappa shape index (κ2) is 3.60. The lowest BCUT2D eigenvalue weighted by Gasteiger charge is -2.13. The topological polar surface area (TPSA) is 23.8 Å². The third-order valence-corrected chi connectivity index (χ3v) is 1.25. The summed E-state index contributed by atoms with van der Waals surface area (Å²) >= 11 is 0. The van der Waals surface area contributed by atoms with Gasteiger partial charge in [0.1, 0.15) is 0 Å². The van der Waals surface area contributed by atoms with Crippen LogP contribution in [0.3, 0.4) is 0 Å². The van der Waals surface area contributed by atoms with Crippen molar-refractivity contribution in [2.45, 2.75) is 19.8 Å². The zero-order valence-corrected chi connectivity index (χ0v) is 6.02. The quantitative estimate of drug-likeness (QED) is 0.522. The van der Waals surface area contributed by atoms with Crippen LogP contribution in [0.1, 0.15) is 19.8 Å². The Morgan fingerprint density at radius 2 is 1.70 bits per heavy atom. The van der Waals surface area contributed by atoms with Crippen LogP contribution < -0.4 is 0 Å². The Morgan fingerprint density at radius 1 is 1.30 bits per heavy atom. The van der Waals surface area contributed by atoms with Crippen LogP contribution in [0.5, 0.6) is 0 Å². The van der Waals surface area contributed by atoms with Crippen molar-refractivity contribution in [2.24, 2.45) is 5.41 Å². The molecule has 0 aliphatic carbocycles. The van der Waals surface area contributed by atoms with E-state index in [9.17, 15) is 0 Å². The zero-order chi connectivity index (χ0) is 8.04. The number of rotatable bonds is 2. The van der Waals surface area contributed by atoms with Gasteiger partial charge in [-0.3, -0.25) is 0 Å². The smallest absolute Gasteiger partial charge is 0.0763 e. The average Bonchev–Trinajstić information content (AvgIpc) is 1.89. The van der Waals surface area contributed by atoms with E-state index in [1.807, 2.05) is 0 Å². The third-order valence-electron chi connectivity index (χ3n) is 1.25. The van der Waals surface area contributed by atoms with Crippen molar-refractivity contribution >= 4 is 0 Å². The minimum atomic E-state index is -0.524. The molecule has 0 bridgehead atoms. The van der Waals surface area contributed by atoms with E-state index < -0.39 is 5.41 Å². The molecule has 0 aliphatic heterocycles. The summed E-state index contributed by atoms with van der Waals surface area (Å²) in [6.07, 6.45) is 11.0. The van der Waals surface area contributed by atoms with Crippen LogP contribution in [0, 0.1) is 41.4 Å². The van der Waals surface area contributed by atoms with Crippen LogP contribution in [0.4, 0.5) is 0 Å². The van der Waals surface area contributed by atoms with Crippen LogP contribution >= 0.6 is 0 Å². The molecule has 0 heterocycles. The summed E-state index contributed by atoms with van der Waals surface area (Å²) < 4.78 is 0. The molecule has 0 radical (unpaired) electrons. The molecule has 0 saturated heterocycles. The number of terminal acetylenes is 2. The molecule has 0 aliphatic rings. The van der Waals surface area contributed by atoms with E-state index in [1.54, 1.807) is 6.92 Å². The SMILES string of the molecule is C#CCC(C)(C#N)CC#C. The molecular formula is C9H9N. The number of nitriles is 1. The predicted octanol–water partition coefficient (Wildman–Crippen LogP) is 1.56. The van der Waals surface area contributed by atoms with Gasteiger partial charge in [0.25, 0.3) is 0 Å². The summed E-state index contributed by atoms with van der Waals surface area (Å²) in [6, 6.07) is 2.10. The van der Waals surface area contributed by atoms with Gasteiger partial charge in [0.15, 0.2) is 0 Å². The van der Waals surface area contributed by atoms with E-state index >= 15 is 0 Å². The molecule has 10 heavy (non-hydrogen) atoms. The van der Waals surface area contributed by atoms with Gasteiger partial charge in [0.05, 0.1) is 11.5 Å². The van der Waals surface area contributed by atoms with Gasteiger partial charge in [-0.05, 0) is 6.92 Å².